The number of amides is 1. The Labute approximate surface area is 174 Å². The van der Waals surface area contributed by atoms with E-state index in [4.69, 9.17) is 4.98 Å². The lowest BCUT2D eigenvalue weighted by molar-refractivity contribution is -0.125. The van der Waals surface area contributed by atoms with Crippen LogP contribution in [0.2, 0.25) is 0 Å². The Morgan fingerprint density at radius 1 is 1.33 bits per heavy atom. The highest BCUT2D eigenvalue weighted by Crippen LogP contribution is 2.49. The van der Waals surface area contributed by atoms with E-state index >= 15 is 0 Å². The summed E-state index contributed by atoms with van der Waals surface area (Å²) in [5, 5.41) is 4.11. The van der Waals surface area contributed by atoms with Gasteiger partial charge in [0, 0.05) is 55.5 Å². The first-order valence-corrected chi connectivity index (χ1v) is 10.5. The van der Waals surface area contributed by atoms with E-state index < -0.39 is 6.55 Å². The van der Waals surface area contributed by atoms with Gasteiger partial charge in [0.25, 0.3) is 0 Å². The largest absolute Gasteiger partial charge is 0.355 e. The summed E-state index contributed by atoms with van der Waals surface area (Å²) in [7, 11) is 0. The van der Waals surface area contributed by atoms with Crippen molar-refractivity contribution in [1.82, 2.24) is 19.7 Å². The highest BCUT2D eigenvalue weighted by atomic mass is 19.3. The van der Waals surface area contributed by atoms with Crippen LogP contribution in [0.15, 0.2) is 37.2 Å². The van der Waals surface area contributed by atoms with Crippen LogP contribution in [-0.4, -0.2) is 51.8 Å². The van der Waals surface area contributed by atoms with Crippen LogP contribution in [0.3, 0.4) is 0 Å². The minimum Gasteiger partial charge on any atom is -0.355 e. The molecular formula is C22H25F2N5O. The van der Waals surface area contributed by atoms with Crippen molar-refractivity contribution in [2.24, 2.45) is 5.41 Å². The van der Waals surface area contributed by atoms with Gasteiger partial charge < -0.3 is 9.80 Å². The van der Waals surface area contributed by atoms with Crippen molar-refractivity contribution < 1.29 is 13.6 Å². The highest BCUT2D eigenvalue weighted by molar-refractivity contribution is 5.87. The first-order chi connectivity index (χ1) is 14.5. The second kappa shape index (κ2) is 7.18. The molecule has 2 aromatic heterocycles. The number of hydrogen-bond acceptors (Lipinski definition) is 4. The lowest BCUT2D eigenvalue weighted by Crippen LogP contribution is -2.60. The quantitative estimate of drug-likeness (QED) is 0.699. The zero-order valence-corrected chi connectivity index (χ0v) is 16.8. The molecule has 4 heterocycles. The normalized spacial score (nSPS) is 22.3. The number of rotatable bonds is 5. The molecule has 1 spiro atoms. The van der Waals surface area contributed by atoms with Gasteiger partial charge in [0.05, 0.1) is 5.69 Å². The molecule has 0 aromatic carbocycles. The number of carbonyl (C=O) groups excluding carboxylic acids is 1. The van der Waals surface area contributed by atoms with Gasteiger partial charge in [0.1, 0.15) is 5.82 Å². The number of halogens is 2. The summed E-state index contributed by atoms with van der Waals surface area (Å²) in [5.74, 6) is 0.878. The fourth-order valence-corrected chi connectivity index (χ4v) is 5.03. The van der Waals surface area contributed by atoms with Crippen LogP contribution >= 0.6 is 0 Å². The van der Waals surface area contributed by atoms with E-state index in [0.29, 0.717) is 28.9 Å². The van der Waals surface area contributed by atoms with Gasteiger partial charge in [-0.05, 0) is 43.0 Å². The van der Waals surface area contributed by atoms with Crippen LogP contribution < -0.4 is 4.90 Å². The van der Waals surface area contributed by atoms with E-state index in [9.17, 15) is 13.6 Å². The number of anilines is 1. The molecule has 0 N–H and O–H groups in total. The molecular weight excluding hydrogens is 388 g/mol. The number of alkyl halides is 2. The topological polar surface area (TPSA) is 54.3 Å². The van der Waals surface area contributed by atoms with Crippen molar-refractivity contribution in [2.45, 2.75) is 38.2 Å². The monoisotopic (exact) mass is 413 g/mol. The molecule has 1 amide bonds. The second-order valence-electron chi connectivity index (χ2n) is 8.77. The number of aromatic nitrogens is 3. The molecule has 2 aromatic rings. The number of hydrogen-bond donors (Lipinski definition) is 0. The Bertz CT molecular complexity index is 976. The summed E-state index contributed by atoms with van der Waals surface area (Å²) in [6, 6.07) is 3.61. The van der Waals surface area contributed by atoms with Crippen molar-refractivity contribution in [3.8, 4) is 11.3 Å². The van der Waals surface area contributed by atoms with Crippen molar-refractivity contribution in [3.63, 3.8) is 0 Å². The average molecular weight is 413 g/mol. The van der Waals surface area contributed by atoms with Crippen molar-refractivity contribution in [2.75, 3.05) is 31.1 Å². The SMILES string of the molecule is C=CC(=O)N1CCC(c2cnc(N3CC4(CCC4)C3)cc2-c2ccn(C(F)F)n2)C1. The third-order valence-electron chi connectivity index (χ3n) is 6.91. The first kappa shape index (κ1) is 19.2. The van der Waals surface area contributed by atoms with Gasteiger partial charge in [-0.15, -0.1) is 0 Å². The molecule has 0 radical (unpaired) electrons. The summed E-state index contributed by atoms with van der Waals surface area (Å²) in [6.07, 6.45) is 9.15. The van der Waals surface area contributed by atoms with Gasteiger partial charge >= 0.3 is 6.55 Å². The van der Waals surface area contributed by atoms with Gasteiger partial charge in [-0.1, -0.05) is 13.0 Å². The maximum absolute atomic E-state index is 13.1. The molecule has 3 aliphatic rings. The molecule has 30 heavy (non-hydrogen) atoms. The zero-order valence-electron chi connectivity index (χ0n) is 16.8. The number of likely N-dealkylation sites (tertiary alicyclic amines) is 1. The number of carbonyl (C=O) groups is 1. The van der Waals surface area contributed by atoms with Crippen LogP contribution in [0, 0.1) is 5.41 Å². The van der Waals surface area contributed by atoms with E-state index in [-0.39, 0.29) is 11.8 Å². The lowest BCUT2D eigenvalue weighted by atomic mass is 9.63. The van der Waals surface area contributed by atoms with E-state index in [2.05, 4.69) is 16.6 Å². The predicted molar refractivity (Wildman–Crippen MR) is 109 cm³/mol. The van der Waals surface area contributed by atoms with Crippen LogP contribution in [0.4, 0.5) is 14.6 Å². The number of nitrogens with zero attached hydrogens (tertiary/aromatic N) is 5. The van der Waals surface area contributed by atoms with Gasteiger partial charge in [-0.2, -0.15) is 13.9 Å². The number of pyridine rings is 1. The van der Waals surface area contributed by atoms with E-state index in [1.54, 1.807) is 11.0 Å². The summed E-state index contributed by atoms with van der Waals surface area (Å²) in [4.78, 5) is 20.7. The van der Waals surface area contributed by atoms with Crippen molar-refractivity contribution >= 4 is 11.7 Å². The Hall–Kier alpha value is -2.77. The molecule has 158 valence electrons. The van der Waals surface area contributed by atoms with Crippen LogP contribution in [0.25, 0.3) is 11.3 Å². The van der Waals surface area contributed by atoms with E-state index in [1.165, 1.54) is 31.5 Å². The van der Waals surface area contributed by atoms with Crippen LogP contribution in [0.1, 0.15) is 43.7 Å². The Kier molecular flexibility index (Phi) is 4.60. The molecule has 5 rings (SSSR count). The molecule has 2 aliphatic heterocycles. The Balaban J connectivity index is 1.46. The Morgan fingerprint density at radius 3 is 2.77 bits per heavy atom. The fourth-order valence-electron chi connectivity index (χ4n) is 5.03. The van der Waals surface area contributed by atoms with Gasteiger partial charge in [0.2, 0.25) is 5.91 Å². The molecule has 1 saturated carbocycles. The summed E-state index contributed by atoms with van der Waals surface area (Å²) in [5.41, 5.74) is 2.76. The van der Waals surface area contributed by atoms with Crippen molar-refractivity contribution in [3.05, 3.63) is 42.7 Å². The smallest absolute Gasteiger partial charge is 0.333 e. The first-order valence-electron chi connectivity index (χ1n) is 10.5. The standard InChI is InChI=1S/C22H25F2N5O/c1-2-20(30)27-8-4-15(12-27)17-11-25-19(28-13-22(14-28)6-3-7-22)10-16(17)18-5-9-29(26-18)21(23)24/h2,5,9-11,15,21H,1,3-4,6-8,12-14H2. The predicted octanol–water partition coefficient (Wildman–Crippen LogP) is 3.83. The van der Waals surface area contributed by atoms with Crippen LogP contribution in [-0.2, 0) is 4.79 Å². The summed E-state index contributed by atoms with van der Waals surface area (Å²) < 4.78 is 26.9. The zero-order chi connectivity index (χ0) is 20.9. The molecule has 8 heteroatoms. The molecule has 0 bridgehead atoms. The minimum atomic E-state index is -2.68. The molecule has 6 nitrogen and oxygen atoms in total. The fraction of sp³-hybridized carbons (Fsp3) is 0.500. The third-order valence-corrected chi connectivity index (χ3v) is 6.91. The summed E-state index contributed by atoms with van der Waals surface area (Å²) >= 11 is 0. The van der Waals surface area contributed by atoms with E-state index in [1.807, 2.05) is 12.3 Å². The maximum atomic E-state index is 13.1. The molecule has 1 unspecified atom stereocenters. The van der Waals surface area contributed by atoms with Crippen molar-refractivity contribution in [1.29, 1.82) is 0 Å². The Morgan fingerprint density at radius 2 is 2.13 bits per heavy atom. The third kappa shape index (κ3) is 3.18. The van der Waals surface area contributed by atoms with Gasteiger partial charge in [0.15, 0.2) is 0 Å². The molecule has 3 fully saturated rings. The molecule has 1 atom stereocenters. The van der Waals surface area contributed by atoms with Gasteiger partial charge in [-0.25, -0.2) is 9.67 Å². The van der Waals surface area contributed by atoms with Crippen LogP contribution in [0.5, 0.6) is 0 Å². The maximum Gasteiger partial charge on any atom is 0.333 e. The second-order valence-corrected chi connectivity index (χ2v) is 8.77. The average Bonchev–Trinajstić information content (AvgIpc) is 3.35. The van der Waals surface area contributed by atoms with Gasteiger partial charge in [-0.3, -0.25) is 4.79 Å². The lowest BCUT2D eigenvalue weighted by Gasteiger charge is -2.56. The molecule has 2 saturated heterocycles. The minimum absolute atomic E-state index is 0.0861. The highest BCUT2D eigenvalue weighted by Gasteiger charge is 2.47. The molecule has 1 aliphatic carbocycles. The summed E-state index contributed by atoms with van der Waals surface area (Å²) in [6.45, 7) is 4.13. The van der Waals surface area contributed by atoms with E-state index in [0.717, 1.165) is 36.5 Å².